The Labute approximate surface area is 148 Å². The van der Waals surface area contributed by atoms with Crippen molar-refractivity contribution in [3.8, 4) is 0 Å². The fraction of sp³-hybridized carbons (Fsp3) is 0.529. The molecule has 0 aromatic heterocycles. The van der Waals surface area contributed by atoms with Gasteiger partial charge in [0.05, 0.1) is 24.1 Å². The van der Waals surface area contributed by atoms with Crippen LogP contribution in [0.1, 0.15) is 36.5 Å². The lowest BCUT2D eigenvalue weighted by atomic mass is 10.1. The van der Waals surface area contributed by atoms with E-state index in [1.54, 1.807) is 30.0 Å². The van der Waals surface area contributed by atoms with Gasteiger partial charge in [-0.05, 0) is 31.9 Å². The average Bonchev–Trinajstić information content (AvgIpc) is 3.09. The second-order valence-corrected chi connectivity index (χ2v) is 7.82. The van der Waals surface area contributed by atoms with Gasteiger partial charge in [0.2, 0.25) is 15.9 Å². The van der Waals surface area contributed by atoms with Crippen LogP contribution in [-0.2, 0) is 19.6 Å². The molecule has 2 rings (SSSR count). The minimum atomic E-state index is -3.65. The molecule has 1 aliphatic rings. The molecule has 0 aliphatic carbocycles. The molecule has 1 amide bonds. The van der Waals surface area contributed by atoms with E-state index < -0.39 is 16.0 Å². The van der Waals surface area contributed by atoms with E-state index >= 15 is 0 Å². The van der Waals surface area contributed by atoms with Gasteiger partial charge in [0, 0.05) is 26.1 Å². The molecule has 1 aliphatic heterocycles. The highest BCUT2D eigenvalue weighted by Gasteiger charge is 2.26. The lowest BCUT2D eigenvalue weighted by molar-refractivity contribution is -0.129. The van der Waals surface area contributed by atoms with Gasteiger partial charge in [-0.3, -0.25) is 9.10 Å². The van der Waals surface area contributed by atoms with Crippen molar-refractivity contribution in [1.29, 1.82) is 0 Å². The van der Waals surface area contributed by atoms with Gasteiger partial charge in [0.1, 0.15) is 0 Å². The first-order valence-electron chi connectivity index (χ1n) is 8.36. The number of amides is 1. The van der Waals surface area contributed by atoms with Crippen LogP contribution in [0.5, 0.6) is 0 Å². The van der Waals surface area contributed by atoms with Gasteiger partial charge >= 0.3 is 5.97 Å². The van der Waals surface area contributed by atoms with Crippen molar-refractivity contribution >= 4 is 27.6 Å². The normalized spacial score (nSPS) is 14.4. The van der Waals surface area contributed by atoms with Crippen LogP contribution in [0.15, 0.2) is 24.3 Å². The predicted molar refractivity (Wildman–Crippen MR) is 95.0 cm³/mol. The first kappa shape index (κ1) is 19.2. The number of rotatable bonds is 7. The highest BCUT2D eigenvalue weighted by Crippen LogP contribution is 2.24. The molecule has 0 bridgehead atoms. The molecule has 1 heterocycles. The van der Waals surface area contributed by atoms with Crippen LogP contribution in [0.3, 0.4) is 0 Å². The summed E-state index contributed by atoms with van der Waals surface area (Å²) in [5.41, 5.74) is 0.404. The van der Waals surface area contributed by atoms with E-state index in [1.165, 1.54) is 6.07 Å². The fourth-order valence-electron chi connectivity index (χ4n) is 2.86. The van der Waals surface area contributed by atoms with Gasteiger partial charge in [-0.1, -0.05) is 12.1 Å². The van der Waals surface area contributed by atoms with Crippen molar-refractivity contribution in [2.45, 2.75) is 26.2 Å². The molecule has 0 saturated carbocycles. The molecule has 138 valence electrons. The van der Waals surface area contributed by atoms with Crippen LogP contribution in [0.2, 0.25) is 0 Å². The van der Waals surface area contributed by atoms with Crippen molar-refractivity contribution in [3.05, 3.63) is 29.8 Å². The summed E-state index contributed by atoms with van der Waals surface area (Å²) >= 11 is 0. The van der Waals surface area contributed by atoms with Gasteiger partial charge in [0.25, 0.3) is 0 Å². The third kappa shape index (κ3) is 4.94. The zero-order chi connectivity index (χ0) is 18.4. The van der Waals surface area contributed by atoms with Crippen LogP contribution in [-0.4, -0.2) is 57.7 Å². The van der Waals surface area contributed by atoms with E-state index in [-0.39, 0.29) is 36.7 Å². The number of ether oxygens (including phenoxy) is 1. The molecule has 0 atom stereocenters. The van der Waals surface area contributed by atoms with E-state index in [9.17, 15) is 18.0 Å². The maximum absolute atomic E-state index is 12.2. The number of hydrogen-bond donors (Lipinski definition) is 0. The van der Waals surface area contributed by atoms with Crippen molar-refractivity contribution in [3.63, 3.8) is 0 Å². The second-order valence-electron chi connectivity index (χ2n) is 5.91. The Hall–Kier alpha value is -2.09. The molecule has 1 aromatic rings. The Morgan fingerprint density at radius 1 is 1.20 bits per heavy atom. The number of anilines is 1. The quantitative estimate of drug-likeness (QED) is 0.683. The number of likely N-dealkylation sites (tertiary alicyclic amines) is 1. The average molecular weight is 368 g/mol. The van der Waals surface area contributed by atoms with Gasteiger partial charge in [-0.15, -0.1) is 0 Å². The summed E-state index contributed by atoms with van der Waals surface area (Å²) in [7, 11) is -3.65. The fourth-order valence-corrected chi connectivity index (χ4v) is 3.80. The van der Waals surface area contributed by atoms with E-state index in [4.69, 9.17) is 4.74 Å². The number of hydrogen-bond acceptors (Lipinski definition) is 5. The maximum Gasteiger partial charge on any atom is 0.340 e. The summed E-state index contributed by atoms with van der Waals surface area (Å²) in [6.07, 6.45) is 3.10. The Morgan fingerprint density at radius 2 is 1.84 bits per heavy atom. The van der Waals surface area contributed by atoms with E-state index in [2.05, 4.69) is 0 Å². The van der Waals surface area contributed by atoms with Gasteiger partial charge in [0.15, 0.2) is 0 Å². The standard InChI is InChI=1S/C17H24N2O5S/c1-3-24-17(21)14-8-4-5-9-15(14)19(25(2,22)23)13-10-16(20)18-11-6-7-12-18/h4-5,8-9H,3,6-7,10-13H2,1-2H3. The number of benzene rings is 1. The minimum Gasteiger partial charge on any atom is -0.462 e. The maximum atomic E-state index is 12.2. The first-order chi connectivity index (χ1) is 11.8. The third-order valence-corrected chi connectivity index (χ3v) is 5.24. The Balaban J connectivity index is 2.23. The Kier molecular flexibility index (Phi) is 6.41. The van der Waals surface area contributed by atoms with Crippen molar-refractivity contribution < 1.29 is 22.7 Å². The molecule has 0 N–H and O–H groups in total. The predicted octanol–water partition coefficient (Wildman–Crippen LogP) is 1.64. The summed E-state index contributed by atoms with van der Waals surface area (Å²) in [6.45, 7) is 3.31. The highest BCUT2D eigenvalue weighted by molar-refractivity contribution is 7.92. The molecular weight excluding hydrogens is 344 g/mol. The molecule has 1 aromatic carbocycles. The molecule has 0 unspecified atom stereocenters. The van der Waals surface area contributed by atoms with Gasteiger partial charge < -0.3 is 9.64 Å². The van der Waals surface area contributed by atoms with Gasteiger partial charge in [-0.25, -0.2) is 13.2 Å². The van der Waals surface area contributed by atoms with E-state index in [0.717, 1.165) is 36.5 Å². The lowest BCUT2D eigenvalue weighted by Gasteiger charge is -2.25. The van der Waals surface area contributed by atoms with Gasteiger partial charge in [-0.2, -0.15) is 0 Å². The molecule has 1 saturated heterocycles. The molecule has 1 fully saturated rings. The highest BCUT2D eigenvalue weighted by atomic mass is 32.2. The number of carbonyl (C=O) groups is 2. The van der Waals surface area contributed by atoms with E-state index in [0.29, 0.717) is 0 Å². The van der Waals surface area contributed by atoms with Crippen LogP contribution < -0.4 is 4.31 Å². The number of carbonyl (C=O) groups excluding carboxylic acids is 2. The smallest absolute Gasteiger partial charge is 0.340 e. The van der Waals surface area contributed by atoms with Crippen molar-refractivity contribution in [2.24, 2.45) is 0 Å². The number of nitrogens with zero attached hydrogens (tertiary/aromatic N) is 2. The molecule has 0 spiro atoms. The van der Waals surface area contributed by atoms with Crippen molar-refractivity contribution in [2.75, 3.05) is 36.8 Å². The zero-order valence-electron chi connectivity index (χ0n) is 14.6. The Bertz CT molecular complexity index is 726. The molecule has 7 nitrogen and oxygen atoms in total. The van der Waals surface area contributed by atoms with Crippen LogP contribution in [0.25, 0.3) is 0 Å². The third-order valence-electron chi connectivity index (χ3n) is 4.06. The monoisotopic (exact) mass is 368 g/mol. The number of esters is 1. The second kappa shape index (κ2) is 8.33. The Morgan fingerprint density at radius 3 is 2.44 bits per heavy atom. The lowest BCUT2D eigenvalue weighted by Crippen LogP contribution is -2.36. The summed E-state index contributed by atoms with van der Waals surface area (Å²) in [6, 6.07) is 6.37. The van der Waals surface area contributed by atoms with Crippen LogP contribution in [0, 0.1) is 0 Å². The SMILES string of the molecule is CCOC(=O)c1ccccc1N(CCC(=O)N1CCCC1)S(C)(=O)=O. The molecular formula is C17H24N2O5S. The van der Waals surface area contributed by atoms with Crippen molar-refractivity contribution in [1.82, 2.24) is 4.90 Å². The molecule has 8 heteroatoms. The molecule has 25 heavy (non-hydrogen) atoms. The first-order valence-corrected chi connectivity index (χ1v) is 10.2. The number of sulfonamides is 1. The zero-order valence-corrected chi connectivity index (χ0v) is 15.4. The topological polar surface area (TPSA) is 84.0 Å². The summed E-state index contributed by atoms with van der Waals surface area (Å²) in [5, 5.41) is 0. The van der Waals surface area contributed by atoms with E-state index in [1.807, 2.05) is 0 Å². The van der Waals surface area contributed by atoms with Crippen LogP contribution >= 0.6 is 0 Å². The van der Waals surface area contributed by atoms with Crippen LogP contribution in [0.4, 0.5) is 5.69 Å². The summed E-state index contributed by atoms with van der Waals surface area (Å²) in [5.74, 6) is -0.655. The summed E-state index contributed by atoms with van der Waals surface area (Å²) in [4.78, 5) is 26.1. The largest absolute Gasteiger partial charge is 0.462 e. The number of para-hydroxylation sites is 1. The minimum absolute atomic E-state index is 0.00934. The molecule has 0 radical (unpaired) electrons. The summed E-state index contributed by atoms with van der Waals surface area (Å²) < 4.78 is 30.6.